The number of piperazine rings is 1. The number of nitrogen functional groups attached to an aromatic ring is 1. The van der Waals surface area contributed by atoms with E-state index < -0.39 is 23.6 Å². The minimum Gasteiger partial charge on any atom is -0.507 e. The number of aryl methyl sites for hydroxylation is 1. The minimum absolute atomic E-state index is 0.0382. The molecule has 18 heteroatoms. The summed E-state index contributed by atoms with van der Waals surface area (Å²) in [6.07, 6.45) is 11.4. The van der Waals surface area contributed by atoms with Crippen LogP contribution in [-0.4, -0.2) is 132 Å². The van der Waals surface area contributed by atoms with Crippen LogP contribution in [0.5, 0.6) is 5.75 Å². The number of phenolic OH excluding ortho intramolecular Hbond substituents is 1. The van der Waals surface area contributed by atoms with Crippen LogP contribution >= 0.6 is 11.3 Å². The largest absolute Gasteiger partial charge is 0.507 e. The third-order valence-corrected chi connectivity index (χ3v) is 18.3. The van der Waals surface area contributed by atoms with Crippen molar-refractivity contribution < 1.29 is 24.6 Å². The number of nitrogens with one attached hydrogen (secondary N) is 2. The lowest BCUT2D eigenvalue weighted by Gasteiger charge is -2.60. The van der Waals surface area contributed by atoms with Crippen molar-refractivity contribution in [3.8, 4) is 27.4 Å². The molecule has 390 valence electrons. The van der Waals surface area contributed by atoms with E-state index in [9.17, 15) is 24.6 Å². The van der Waals surface area contributed by atoms with Gasteiger partial charge >= 0.3 is 0 Å². The average molecular weight is 1020 g/mol. The van der Waals surface area contributed by atoms with Crippen LogP contribution < -0.4 is 26.2 Å². The minimum atomic E-state index is -0.848. The summed E-state index contributed by atoms with van der Waals surface area (Å²) in [7, 11) is 0. The van der Waals surface area contributed by atoms with Crippen molar-refractivity contribution in [3.05, 3.63) is 89.3 Å². The summed E-state index contributed by atoms with van der Waals surface area (Å²) in [5.41, 5.74) is 14.0. The number of aliphatic hydroxyl groups is 1. The van der Waals surface area contributed by atoms with Crippen LogP contribution in [0.2, 0.25) is 0 Å². The summed E-state index contributed by atoms with van der Waals surface area (Å²) < 4.78 is 0. The van der Waals surface area contributed by atoms with Crippen LogP contribution in [0.25, 0.3) is 21.7 Å². The zero-order valence-electron chi connectivity index (χ0n) is 43.2. The number of piperidine rings is 1. The molecule has 2 saturated carbocycles. The second-order valence-corrected chi connectivity index (χ2v) is 24.2. The van der Waals surface area contributed by atoms with E-state index in [0.29, 0.717) is 29.0 Å². The first-order chi connectivity index (χ1) is 35.5. The number of amides is 3. The van der Waals surface area contributed by atoms with Crippen LogP contribution in [-0.2, 0) is 14.4 Å². The quantitative estimate of drug-likeness (QED) is 0.0888. The van der Waals surface area contributed by atoms with E-state index in [1.165, 1.54) is 10.5 Å². The highest BCUT2D eigenvalue weighted by molar-refractivity contribution is 7.13. The normalized spacial score (nSPS) is 26.9. The average Bonchev–Trinajstić information content (AvgIpc) is 4.06. The molecule has 6 atom stereocenters. The molecule has 4 aliphatic heterocycles. The molecule has 3 aromatic heterocycles. The van der Waals surface area contributed by atoms with Crippen molar-refractivity contribution >= 4 is 46.5 Å². The van der Waals surface area contributed by atoms with Gasteiger partial charge in [-0.05, 0) is 130 Å². The summed E-state index contributed by atoms with van der Waals surface area (Å²) in [4.78, 5) is 66.3. The van der Waals surface area contributed by atoms with E-state index in [2.05, 4.69) is 40.5 Å². The highest BCUT2D eigenvalue weighted by atomic mass is 32.1. The van der Waals surface area contributed by atoms with Crippen molar-refractivity contribution in [2.45, 2.75) is 141 Å². The zero-order valence-corrected chi connectivity index (χ0v) is 44.0. The molecule has 74 heavy (non-hydrogen) atoms. The number of phenols is 1. The van der Waals surface area contributed by atoms with Crippen LogP contribution in [0.1, 0.15) is 114 Å². The monoisotopic (exact) mass is 1020 g/mol. The van der Waals surface area contributed by atoms with E-state index in [-0.39, 0.29) is 65.9 Å². The molecule has 2 aromatic carbocycles. The number of anilines is 3. The lowest BCUT2D eigenvalue weighted by molar-refractivity contribution is -0.150. The zero-order chi connectivity index (χ0) is 51.6. The van der Waals surface area contributed by atoms with Gasteiger partial charge < -0.3 is 46.2 Å². The number of carbonyl (C=O) groups excluding carboxylic acids is 3. The summed E-state index contributed by atoms with van der Waals surface area (Å²) in [5, 5.41) is 36.0. The van der Waals surface area contributed by atoms with Crippen LogP contribution in [0.3, 0.4) is 0 Å². The molecule has 2 aliphatic carbocycles. The van der Waals surface area contributed by atoms with Crippen molar-refractivity contribution in [1.29, 1.82) is 0 Å². The first kappa shape index (κ1) is 49.9. The number of β-amino-alcohol motifs (C(OH)–C–C–N with tert-alkyl or cyclic N) is 1. The van der Waals surface area contributed by atoms with Gasteiger partial charge in [-0.2, -0.15) is 0 Å². The fourth-order valence-electron chi connectivity index (χ4n) is 13.1. The molecule has 3 amide bonds. The number of aliphatic hydroxyl groups excluding tert-OH is 1. The SMILES string of the molecule is Cc1ncsc1-c1ccc([C@H](C)NC(=O)[C@@H]2C[C@@H](O)CN2C(=O)[C@@H](NC(=O)C2CC3(C2)CC(N2CCC(c4cnc(N5C6CCC5CN(c5cc(-c7ccccc7O)nnc5N)C6)nc4)CC2)C3)C(C)(C)C)cc1. The Morgan fingerprint density at radius 3 is 2.19 bits per heavy atom. The van der Waals surface area contributed by atoms with Gasteiger partial charge in [-0.3, -0.25) is 14.4 Å². The lowest BCUT2D eigenvalue weighted by atomic mass is 9.49. The maximum absolute atomic E-state index is 14.4. The molecule has 6 fully saturated rings. The molecular weight excluding hydrogens is 953 g/mol. The van der Waals surface area contributed by atoms with Gasteiger partial charge in [-0.25, -0.2) is 15.0 Å². The number of benzene rings is 2. The fourth-order valence-corrected chi connectivity index (χ4v) is 14.0. The van der Waals surface area contributed by atoms with E-state index in [0.717, 1.165) is 111 Å². The topological polar surface area (TPSA) is 219 Å². The molecule has 2 unspecified atom stereocenters. The number of thiazole rings is 1. The second-order valence-electron chi connectivity index (χ2n) is 23.3. The summed E-state index contributed by atoms with van der Waals surface area (Å²) in [6, 6.07) is 16.1. The van der Waals surface area contributed by atoms with Crippen molar-refractivity contribution in [2.24, 2.45) is 16.7 Å². The Kier molecular flexibility index (Phi) is 13.4. The van der Waals surface area contributed by atoms with E-state index in [4.69, 9.17) is 15.7 Å². The maximum atomic E-state index is 14.4. The molecule has 11 rings (SSSR count). The van der Waals surface area contributed by atoms with Gasteiger partial charge in [0, 0.05) is 68.1 Å². The molecule has 7 heterocycles. The number of hydrogen-bond donors (Lipinski definition) is 5. The molecule has 5 aromatic rings. The Hall–Kier alpha value is -6.24. The number of carbonyl (C=O) groups is 3. The molecule has 6 aliphatic rings. The number of fused-ring (bicyclic) bond motifs is 2. The standard InChI is InChI=1S/C56H70N12O5S/c1-32(34-10-12-36(13-11-34)48-33(2)60-31-74-48)61-52(72)46-20-42(69)30-67(46)53(73)49(55(3,4)5)62-51(71)37-22-56(23-37)24-41(25-56)65-18-16-35(17-19-65)38-26-58-54(59-27-38)68-39-14-15-40(68)29-66(28-39)45-21-44(63-64-50(45)57)43-8-6-7-9-47(43)70/h6-13,21,26-27,31-32,35,37,39-42,46,49,69-70H,14-20,22-25,28-30H2,1-5H3,(H2,57,64)(H,61,72)(H,62,71)/t32-,37?,39?,40?,41?,42+,46-,49+,56?/m0/s1. The predicted molar refractivity (Wildman–Crippen MR) is 285 cm³/mol. The third kappa shape index (κ3) is 9.68. The predicted octanol–water partition coefficient (Wildman–Crippen LogP) is 6.62. The molecule has 17 nitrogen and oxygen atoms in total. The van der Waals surface area contributed by atoms with Gasteiger partial charge in [0.1, 0.15) is 17.8 Å². The summed E-state index contributed by atoms with van der Waals surface area (Å²) in [6.45, 7) is 13.3. The van der Waals surface area contributed by atoms with Crippen LogP contribution in [0.15, 0.2) is 72.5 Å². The van der Waals surface area contributed by atoms with Crippen molar-refractivity contribution in [2.75, 3.05) is 48.3 Å². The number of likely N-dealkylation sites (tertiary alicyclic amines) is 2. The van der Waals surface area contributed by atoms with Crippen molar-refractivity contribution in [3.63, 3.8) is 0 Å². The Bertz CT molecular complexity index is 2860. The molecule has 4 saturated heterocycles. The van der Waals surface area contributed by atoms with Crippen LogP contribution in [0, 0.1) is 23.7 Å². The van der Waals surface area contributed by atoms with Crippen molar-refractivity contribution in [1.82, 2.24) is 45.6 Å². The Morgan fingerprint density at radius 2 is 1.54 bits per heavy atom. The van der Waals surface area contributed by atoms with Gasteiger partial charge in [0.15, 0.2) is 5.82 Å². The number of nitrogens with two attached hydrogens (primary N) is 1. The lowest BCUT2D eigenvalue weighted by Crippen LogP contribution is -2.62. The van der Waals surface area contributed by atoms with Gasteiger partial charge in [-0.15, -0.1) is 21.5 Å². The number of rotatable bonds is 12. The Labute approximate surface area is 437 Å². The highest BCUT2D eigenvalue weighted by Crippen LogP contribution is 2.60. The molecule has 6 N–H and O–H groups in total. The van der Waals surface area contributed by atoms with E-state index in [1.807, 2.05) is 95.0 Å². The van der Waals surface area contributed by atoms with E-state index in [1.54, 1.807) is 23.5 Å². The number of nitrogens with zero attached hydrogens (tertiary/aromatic N) is 9. The van der Waals surface area contributed by atoms with E-state index >= 15 is 0 Å². The first-order valence-corrected chi connectivity index (χ1v) is 27.5. The fraction of sp³-hybridized carbons (Fsp3) is 0.536. The summed E-state index contributed by atoms with van der Waals surface area (Å²) in [5.74, 6) is 0.828. The smallest absolute Gasteiger partial charge is 0.246 e. The van der Waals surface area contributed by atoms with Gasteiger partial charge in [0.05, 0.1) is 39.6 Å². The highest BCUT2D eigenvalue weighted by Gasteiger charge is 2.57. The molecular formula is C56H70N12O5S. The Morgan fingerprint density at radius 1 is 0.851 bits per heavy atom. The second kappa shape index (κ2) is 19.8. The number of para-hydroxylation sites is 1. The molecule has 0 radical (unpaired) electrons. The number of hydrogen-bond acceptors (Lipinski definition) is 15. The Balaban J connectivity index is 0.635. The molecule has 2 bridgehead atoms. The number of aromatic hydroxyl groups is 1. The van der Waals surface area contributed by atoms with Crippen LogP contribution in [0.4, 0.5) is 17.5 Å². The summed E-state index contributed by atoms with van der Waals surface area (Å²) >= 11 is 1.59. The molecule has 1 spiro atoms. The van der Waals surface area contributed by atoms with Gasteiger partial charge in [0.25, 0.3) is 0 Å². The van der Waals surface area contributed by atoms with Gasteiger partial charge in [-0.1, -0.05) is 57.2 Å². The maximum Gasteiger partial charge on any atom is 0.246 e. The third-order valence-electron chi connectivity index (χ3n) is 17.3. The number of aromatic nitrogens is 5. The first-order valence-electron chi connectivity index (χ1n) is 26.6. The van der Waals surface area contributed by atoms with Gasteiger partial charge in [0.2, 0.25) is 23.7 Å².